The highest BCUT2D eigenvalue weighted by Crippen LogP contribution is 2.37. The Morgan fingerprint density at radius 1 is 1.00 bits per heavy atom. The molecule has 1 aromatic heterocycles. The van der Waals surface area contributed by atoms with Crippen LogP contribution in [0.5, 0.6) is 16.7 Å². The molecule has 1 heterocycles. The molecular formula is C21H13Cl2F3N2O4S2. The van der Waals surface area contributed by atoms with Gasteiger partial charge in [0, 0.05) is 11.1 Å². The first-order valence-electron chi connectivity index (χ1n) is 9.27. The van der Waals surface area contributed by atoms with Gasteiger partial charge in [0.15, 0.2) is 0 Å². The fourth-order valence-corrected chi connectivity index (χ4v) is 5.62. The van der Waals surface area contributed by atoms with Crippen LogP contribution in [0.1, 0.15) is 5.56 Å². The van der Waals surface area contributed by atoms with Gasteiger partial charge in [-0.3, -0.25) is 4.72 Å². The molecule has 4 aromatic rings. The van der Waals surface area contributed by atoms with Gasteiger partial charge in [-0.2, -0.15) is 13.2 Å². The number of benzene rings is 3. The van der Waals surface area contributed by atoms with Gasteiger partial charge in [0.25, 0.3) is 15.2 Å². The predicted octanol–water partition coefficient (Wildman–Crippen LogP) is 7.22. The molecule has 0 aliphatic heterocycles. The van der Waals surface area contributed by atoms with Crippen molar-refractivity contribution < 1.29 is 31.1 Å². The molecule has 0 aliphatic rings. The number of hydrogen-bond acceptors (Lipinski definition) is 6. The normalized spacial score (nSPS) is 12.1. The number of alkyl halides is 3. The molecule has 0 unspecified atom stereocenters. The maximum atomic E-state index is 12.9. The summed E-state index contributed by atoms with van der Waals surface area (Å²) in [6, 6.07) is 11.4. The van der Waals surface area contributed by atoms with Gasteiger partial charge in [0.1, 0.15) is 16.4 Å². The van der Waals surface area contributed by atoms with E-state index in [4.69, 9.17) is 32.7 Å². The average Bonchev–Trinajstić information content (AvgIpc) is 3.13. The van der Waals surface area contributed by atoms with Gasteiger partial charge in [-0.15, -0.1) is 0 Å². The van der Waals surface area contributed by atoms with Crippen LogP contribution in [0.25, 0.3) is 10.2 Å². The van der Waals surface area contributed by atoms with Gasteiger partial charge in [-0.25, -0.2) is 13.4 Å². The monoisotopic (exact) mass is 548 g/mol. The van der Waals surface area contributed by atoms with Crippen LogP contribution in [-0.4, -0.2) is 20.5 Å². The number of aromatic nitrogens is 1. The van der Waals surface area contributed by atoms with Crippen molar-refractivity contribution in [1.82, 2.24) is 4.98 Å². The number of halogens is 5. The third kappa shape index (κ3) is 5.33. The number of rotatable bonds is 6. The van der Waals surface area contributed by atoms with Crippen molar-refractivity contribution in [2.75, 3.05) is 11.8 Å². The molecule has 6 nitrogen and oxygen atoms in total. The molecular weight excluding hydrogens is 536 g/mol. The number of hydrogen-bond donors (Lipinski definition) is 1. The van der Waals surface area contributed by atoms with Crippen LogP contribution in [0, 0.1) is 0 Å². The van der Waals surface area contributed by atoms with Gasteiger partial charge in [0.2, 0.25) is 0 Å². The van der Waals surface area contributed by atoms with Crippen LogP contribution in [0.2, 0.25) is 10.0 Å². The summed E-state index contributed by atoms with van der Waals surface area (Å²) in [6.07, 6.45) is -4.66. The summed E-state index contributed by atoms with van der Waals surface area (Å²) in [6.45, 7) is 0. The largest absolute Gasteiger partial charge is 0.497 e. The predicted molar refractivity (Wildman–Crippen MR) is 125 cm³/mol. The molecule has 0 amide bonds. The smallest absolute Gasteiger partial charge is 0.416 e. The third-order valence-electron chi connectivity index (χ3n) is 4.45. The number of nitrogens with one attached hydrogen (secondary N) is 1. The van der Waals surface area contributed by atoms with E-state index in [1.54, 1.807) is 25.3 Å². The Labute approximate surface area is 205 Å². The Hall–Kier alpha value is -2.73. The number of ether oxygens (including phenoxy) is 2. The zero-order chi connectivity index (χ0) is 24.7. The lowest BCUT2D eigenvalue weighted by Crippen LogP contribution is -2.14. The lowest BCUT2D eigenvalue weighted by atomic mass is 10.2. The number of methoxy groups -OCH3 is 1. The Morgan fingerprint density at radius 3 is 2.44 bits per heavy atom. The van der Waals surface area contributed by atoms with E-state index in [-0.39, 0.29) is 21.7 Å². The van der Waals surface area contributed by atoms with Crippen LogP contribution >= 0.6 is 34.5 Å². The van der Waals surface area contributed by atoms with E-state index in [0.717, 1.165) is 10.8 Å². The molecule has 178 valence electrons. The summed E-state index contributed by atoms with van der Waals surface area (Å²) in [5, 5.41) is -0.146. The Bertz CT molecular complexity index is 1490. The highest BCUT2D eigenvalue weighted by molar-refractivity contribution is 7.92. The Kier molecular flexibility index (Phi) is 6.56. The number of thiazole rings is 1. The maximum absolute atomic E-state index is 12.9. The van der Waals surface area contributed by atoms with Gasteiger partial charge < -0.3 is 9.47 Å². The molecule has 0 spiro atoms. The van der Waals surface area contributed by atoms with Crippen molar-refractivity contribution >= 4 is 60.5 Å². The second kappa shape index (κ2) is 9.14. The topological polar surface area (TPSA) is 77.5 Å². The number of nitrogens with zero attached hydrogens (tertiary/aromatic N) is 1. The molecule has 0 saturated carbocycles. The second-order valence-corrected chi connectivity index (χ2v) is 10.3. The summed E-state index contributed by atoms with van der Waals surface area (Å²) < 4.78 is 78.1. The molecule has 0 atom stereocenters. The second-order valence-electron chi connectivity index (χ2n) is 6.84. The molecule has 1 N–H and O–H groups in total. The minimum atomic E-state index is -4.66. The Morgan fingerprint density at radius 2 is 1.76 bits per heavy atom. The van der Waals surface area contributed by atoms with Crippen molar-refractivity contribution in [2.24, 2.45) is 0 Å². The molecule has 4 rings (SSSR count). The zero-order valence-electron chi connectivity index (χ0n) is 17.0. The summed E-state index contributed by atoms with van der Waals surface area (Å²) >= 11 is 13.2. The van der Waals surface area contributed by atoms with E-state index in [1.807, 2.05) is 0 Å². The van der Waals surface area contributed by atoms with Crippen LogP contribution < -0.4 is 14.2 Å². The van der Waals surface area contributed by atoms with E-state index in [0.29, 0.717) is 23.4 Å². The standard InChI is InChI=1S/C21H13Cl2F3N2O4S2/c1-31-14-3-4-17-18(10-14)33-20(27-17)32-15-8-12(22)7-13(9-15)28-34(29,30)19-5-2-11(6-16(19)23)21(24,25)26/h2-10,28H,1H3. The minimum Gasteiger partial charge on any atom is -0.497 e. The van der Waals surface area contributed by atoms with Crippen molar-refractivity contribution in [3.8, 4) is 16.7 Å². The van der Waals surface area contributed by atoms with Crippen LogP contribution in [-0.2, 0) is 16.2 Å². The molecule has 0 aliphatic carbocycles. The number of anilines is 1. The van der Waals surface area contributed by atoms with E-state index in [1.165, 1.54) is 29.5 Å². The molecule has 0 saturated heterocycles. The quantitative estimate of drug-likeness (QED) is 0.275. The fraction of sp³-hybridized carbons (Fsp3) is 0.0952. The van der Waals surface area contributed by atoms with E-state index >= 15 is 0 Å². The molecule has 13 heteroatoms. The van der Waals surface area contributed by atoms with Crippen molar-refractivity contribution in [3.63, 3.8) is 0 Å². The van der Waals surface area contributed by atoms with E-state index < -0.39 is 31.7 Å². The van der Waals surface area contributed by atoms with Crippen molar-refractivity contribution in [2.45, 2.75) is 11.1 Å². The maximum Gasteiger partial charge on any atom is 0.416 e. The van der Waals surface area contributed by atoms with Crippen molar-refractivity contribution in [1.29, 1.82) is 0 Å². The highest BCUT2D eigenvalue weighted by Gasteiger charge is 2.32. The summed E-state index contributed by atoms with van der Waals surface area (Å²) in [5.74, 6) is 0.846. The lowest BCUT2D eigenvalue weighted by Gasteiger charge is -2.13. The zero-order valence-corrected chi connectivity index (χ0v) is 20.1. The number of sulfonamides is 1. The SMILES string of the molecule is COc1ccc2nc(Oc3cc(Cl)cc(NS(=O)(=O)c4ccc(C(F)(F)F)cc4Cl)c3)sc2c1. The third-order valence-corrected chi connectivity index (χ3v) is 7.43. The van der Waals surface area contributed by atoms with Crippen LogP contribution in [0.3, 0.4) is 0 Å². The lowest BCUT2D eigenvalue weighted by molar-refractivity contribution is -0.137. The van der Waals surface area contributed by atoms with Crippen LogP contribution in [0.15, 0.2) is 59.5 Å². The minimum absolute atomic E-state index is 0.0150. The first kappa shape index (κ1) is 24.4. The molecule has 0 fully saturated rings. The molecule has 3 aromatic carbocycles. The number of fused-ring (bicyclic) bond motifs is 1. The van der Waals surface area contributed by atoms with Gasteiger partial charge in [-0.1, -0.05) is 34.5 Å². The highest BCUT2D eigenvalue weighted by atomic mass is 35.5. The van der Waals surface area contributed by atoms with Gasteiger partial charge in [-0.05, 0) is 48.5 Å². The summed E-state index contributed by atoms with van der Waals surface area (Å²) in [7, 11) is -2.78. The fourth-order valence-electron chi connectivity index (χ4n) is 2.94. The van der Waals surface area contributed by atoms with Crippen LogP contribution in [0.4, 0.5) is 18.9 Å². The van der Waals surface area contributed by atoms with E-state index in [2.05, 4.69) is 9.71 Å². The van der Waals surface area contributed by atoms with Gasteiger partial charge in [0.05, 0.1) is 33.6 Å². The summed E-state index contributed by atoms with van der Waals surface area (Å²) in [5.41, 5.74) is -0.370. The average molecular weight is 549 g/mol. The Balaban J connectivity index is 1.60. The van der Waals surface area contributed by atoms with Crippen molar-refractivity contribution in [3.05, 3.63) is 70.2 Å². The van der Waals surface area contributed by atoms with E-state index in [9.17, 15) is 21.6 Å². The first-order chi connectivity index (χ1) is 15.9. The molecule has 34 heavy (non-hydrogen) atoms. The molecule has 0 radical (unpaired) electrons. The first-order valence-corrected chi connectivity index (χ1v) is 12.3. The summed E-state index contributed by atoms with van der Waals surface area (Å²) in [4.78, 5) is 3.83. The molecule has 0 bridgehead atoms. The van der Waals surface area contributed by atoms with Gasteiger partial charge >= 0.3 is 6.18 Å².